The van der Waals surface area contributed by atoms with Crippen molar-refractivity contribution in [3.05, 3.63) is 69.7 Å². The van der Waals surface area contributed by atoms with Crippen molar-refractivity contribution >= 4 is 34.6 Å². The Morgan fingerprint density at radius 1 is 1.30 bits per heavy atom. The van der Waals surface area contributed by atoms with E-state index < -0.39 is 5.97 Å². The molecular weight excluding hydrogens is 418 g/mol. The molecule has 1 aromatic heterocycles. The lowest BCUT2D eigenvalue weighted by Gasteiger charge is -2.35. The number of hydrogen-bond donors (Lipinski definition) is 2. The molecule has 1 aliphatic rings. The van der Waals surface area contributed by atoms with Crippen molar-refractivity contribution in [2.45, 2.75) is 32.4 Å². The zero-order valence-corrected chi connectivity index (χ0v) is 18.3. The van der Waals surface area contributed by atoms with Crippen molar-refractivity contribution in [1.29, 1.82) is 0 Å². The molecule has 1 aliphatic heterocycles. The van der Waals surface area contributed by atoms with Gasteiger partial charge in [0.05, 0.1) is 11.3 Å². The van der Waals surface area contributed by atoms with E-state index in [9.17, 15) is 9.90 Å². The van der Waals surface area contributed by atoms with Crippen molar-refractivity contribution in [2.75, 3.05) is 18.0 Å². The van der Waals surface area contributed by atoms with Crippen LogP contribution in [-0.4, -0.2) is 35.2 Å². The van der Waals surface area contributed by atoms with Gasteiger partial charge in [-0.2, -0.15) is 0 Å². The van der Waals surface area contributed by atoms with E-state index in [1.165, 1.54) is 4.88 Å². The normalized spacial score (nSPS) is 16.6. The maximum absolute atomic E-state index is 11.3. The van der Waals surface area contributed by atoms with E-state index in [1.807, 2.05) is 36.4 Å². The van der Waals surface area contributed by atoms with Gasteiger partial charge in [-0.3, -0.25) is 0 Å². The molecule has 2 aromatic carbocycles. The van der Waals surface area contributed by atoms with Gasteiger partial charge in [0.15, 0.2) is 0 Å². The minimum atomic E-state index is -0.888. The average Bonchev–Trinajstić information content (AvgIpc) is 3.13. The number of thiazole rings is 1. The number of carboxylic acid groups (broad SMARTS) is 1. The fourth-order valence-electron chi connectivity index (χ4n) is 3.76. The Morgan fingerprint density at radius 2 is 2.10 bits per heavy atom. The lowest BCUT2D eigenvalue weighted by molar-refractivity contribution is 0.0697. The molecule has 156 valence electrons. The predicted molar refractivity (Wildman–Crippen MR) is 123 cm³/mol. The topological polar surface area (TPSA) is 65.5 Å². The number of nitrogens with one attached hydrogen (secondary N) is 1. The molecule has 0 saturated carbocycles. The molecule has 2 heterocycles. The number of aryl methyl sites for hydroxylation is 1. The molecule has 0 radical (unpaired) electrons. The molecular formula is C23H24ClN3O2S. The summed E-state index contributed by atoms with van der Waals surface area (Å²) in [4.78, 5) is 19.5. The van der Waals surface area contributed by atoms with Gasteiger partial charge < -0.3 is 15.3 Å². The number of halogens is 1. The first-order valence-corrected chi connectivity index (χ1v) is 11.2. The highest BCUT2D eigenvalue weighted by Gasteiger charge is 2.21. The molecule has 1 atom stereocenters. The van der Waals surface area contributed by atoms with Crippen molar-refractivity contribution in [3.8, 4) is 10.6 Å². The number of rotatable bonds is 6. The number of aromatic carboxylic acids is 1. The fourth-order valence-corrected chi connectivity index (χ4v) is 4.90. The quantitative estimate of drug-likeness (QED) is 0.548. The van der Waals surface area contributed by atoms with Crippen LogP contribution in [0.4, 0.5) is 5.69 Å². The monoisotopic (exact) mass is 441 g/mol. The number of carbonyl (C=O) groups is 1. The van der Waals surface area contributed by atoms with E-state index in [1.54, 1.807) is 23.5 Å². The third-order valence-electron chi connectivity index (χ3n) is 5.41. The zero-order valence-electron chi connectivity index (χ0n) is 16.8. The molecule has 7 heteroatoms. The standard InChI is InChI=1S/C23H24ClN3O2S/c1-15-21(30-22(26-15)16-7-9-18(24)10-8-16)13-25-19-5-3-11-27(14-19)20-6-2-4-17(12-20)23(28)29/h2,4,6-10,12,19,25H,3,5,11,13-14H2,1H3,(H,28,29)/t19-/m0/s1. The summed E-state index contributed by atoms with van der Waals surface area (Å²) in [6, 6.07) is 15.3. The van der Waals surface area contributed by atoms with Crippen molar-refractivity contribution in [3.63, 3.8) is 0 Å². The van der Waals surface area contributed by atoms with Crippen LogP contribution in [0, 0.1) is 6.92 Å². The van der Waals surface area contributed by atoms with Gasteiger partial charge in [-0.25, -0.2) is 9.78 Å². The van der Waals surface area contributed by atoms with E-state index in [2.05, 4.69) is 17.1 Å². The molecule has 0 aliphatic carbocycles. The predicted octanol–water partition coefficient (Wildman–Crippen LogP) is 5.23. The van der Waals surface area contributed by atoms with Gasteiger partial charge >= 0.3 is 5.97 Å². The highest BCUT2D eigenvalue weighted by atomic mass is 35.5. The van der Waals surface area contributed by atoms with Crippen LogP contribution in [0.1, 0.15) is 33.8 Å². The number of benzene rings is 2. The maximum atomic E-state index is 11.3. The summed E-state index contributed by atoms with van der Waals surface area (Å²) < 4.78 is 0. The van der Waals surface area contributed by atoms with Crippen molar-refractivity contribution in [2.24, 2.45) is 0 Å². The Hall–Kier alpha value is -2.41. The molecule has 30 heavy (non-hydrogen) atoms. The summed E-state index contributed by atoms with van der Waals surface area (Å²) in [6.45, 7) is 4.65. The summed E-state index contributed by atoms with van der Waals surface area (Å²) in [6.07, 6.45) is 2.18. The summed E-state index contributed by atoms with van der Waals surface area (Å²) in [5.74, 6) is -0.888. The lowest BCUT2D eigenvalue weighted by Crippen LogP contribution is -2.45. The van der Waals surface area contributed by atoms with Crippen LogP contribution in [0.3, 0.4) is 0 Å². The Bertz CT molecular complexity index is 1040. The first-order chi connectivity index (χ1) is 14.5. The van der Waals surface area contributed by atoms with Crippen LogP contribution in [0.15, 0.2) is 48.5 Å². The molecule has 1 saturated heterocycles. The Labute approximate surface area is 185 Å². The molecule has 5 nitrogen and oxygen atoms in total. The van der Waals surface area contributed by atoms with Gasteiger partial charge in [0.2, 0.25) is 0 Å². The van der Waals surface area contributed by atoms with E-state index in [0.29, 0.717) is 11.6 Å². The van der Waals surface area contributed by atoms with Crippen molar-refractivity contribution in [1.82, 2.24) is 10.3 Å². The fraction of sp³-hybridized carbons (Fsp3) is 0.304. The maximum Gasteiger partial charge on any atom is 0.335 e. The molecule has 0 bridgehead atoms. The summed E-state index contributed by atoms with van der Waals surface area (Å²) in [7, 11) is 0. The third-order valence-corrected chi connectivity index (χ3v) is 6.87. The first kappa shape index (κ1) is 20.8. The van der Waals surface area contributed by atoms with E-state index in [4.69, 9.17) is 16.6 Å². The van der Waals surface area contributed by atoms with Gasteiger partial charge in [-0.15, -0.1) is 11.3 Å². The number of hydrogen-bond acceptors (Lipinski definition) is 5. The molecule has 1 fully saturated rings. The summed E-state index contributed by atoms with van der Waals surface area (Å²) >= 11 is 7.71. The first-order valence-electron chi connectivity index (χ1n) is 10.0. The Morgan fingerprint density at radius 3 is 2.87 bits per heavy atom. The third kappa shape index (κ3) is 4.83. The average molecular weight is 442 g/mol. The largest absolute Gasteiger partial charge is 0.478 e. The number of piperidine rings is 1. The van der Waals surface area contributed by atoms with Crippen LogP contribution in [-0.2, 0) is 6.54 Å². The van der Waals surface area contributed by atoms with Crippen LogP contribution < -0.4 is 10.2 Å². The SMILES string of the molecule is Cc1nc(-c2ccc(Cl)cc2)sc1CN[C@H]1CCCN(c2cccc(C(=O)O)c2)C1. The van der Waals surface area contributed by atoms with E-state index in [0.717, 1.165) is 59.5 Å². The second-order valence-corrected chi connectivity index (χ2v) is 9.08. The second-order valence-electron chi connectivity index (χ2n) is 7.56. The summed E-state index contributed by atoms with van der Waals surface area (Å²) in [5, 5.41) is 14.7. The highest BCUT2D eigenvalue weighted by Crippen LogP contribution is 2.29. The van der Waals surface area contributed by atoms with Gasteiger partial charge in [-0.05, 0) is 50.1 Å². The summed E-state index contributed by atoms with van der Waals surface area (Å²) in [5.41, 5.74) is 3.44. The minimum absolute atomic E-state index is 0.331. The number of nitrogens with zero attached hydrogens (tertiary/aromatic N) is 2. The van der Waals surface area contributed by atoms with Gasteiger partial charge in [-0.1, -0.05) is 29.8 Å². The van der Waals surface area contributed by atoms with Crippen LogP contribution in [0.5, 0.6) is 0 Å². The van der Waals surface area contributed by atoms with Gasteiger partial charge in [0.25, 0.3) is 0 Å². The molecule has 0 unspecified atom stereocenters. The molecule has 0 spiro atoms. The second kappa shape index (κ2) is 9.16. The Kier molecular flexibility index (Phi) is 6.37. The van der Waals surface area contributed by atoms with Crippen molar-refractivity contribution < 1.29 is 9.90 Å². The van der Waals surface area contributed by atoms with E-state index in [-0.39, 0.29) is 0 Å². The highest BCUT2D eigenvalue weighted by molar-refractivity contribution is 7.15. The smallest absolute Gasteiger partial charge is 0.335 e. The van der Waals surface area contributed by atoms with Crippen LogP contribution in [0.25, 0.3) is 10.6 Å². The van der Waals surface area contributed by atoms with Gasteiger partial charge in [0.1, 0.15) is 5.01 Å². The molecule has 2 N–H and O–H groups in total. The number of anilines is 1. The lowest BCUT2D eigenvalue weighted by atomic mass is 10.0. The number of aromatic nitrogens is 1. The van der Waals surface area contributed by atoms with E-state index >= 15 is 0 Å². The van der Waals surface area contributed by atoms with Crippen LogP contribution >= 0.6 is 22.9 Å². The number of carboxylic acids is 1. The Balaban J connectivity index is 1.40. The molecule has 0 amide bonds. The molecule has 3 aromatic rings. The molecule has 4 rings (SSSR count). The van der Waals surface area contributed by atoms with Gasteiger partial charge in [0, 0.05) is 46.8 Å². The minimum Gasteiger partial charge on any atom is -0.478 e. The zero-order chi connectivity index (χ0) is 21.1. The van der Waals surface area contributed by atoms with Crippen LogP contribution in [0.2, 0.25) is 5.02 Å².